The molecular weight excluding hydrogens is 354 g/mol. The number of benzene rings is 1. The van der Waals surface area contributed by atoms with Crippen LogP contribution in [0, 0.1) is 0 Å². The Balaban J connectivity index is 1.59. The summed E-state index contributed by atoms with van der Waals surface area (Å²) < 4.78 is 0. The molecule has 5 rings (SSSR count). The lowest BCUT2D eigenvalue weighted by molar-refractivity contribution is -0.165. The largest absolute Gasteiger partial charge is 0.356 e. The maximum atomic E-state index is 13.5. The molecule has 4 heterocycles. The summed E-state index contributed by atoms with van der Waals surface area (Å²) in [5.74, 6) is -0.303. The third-order valence-corrected chi connectivity index (χ3v) is 5.71. The molecule has 140 valence electrons. The highest BCUT2D eigenvalue weighted by Gasteiger charge is 2.54. The van der Waals surface area contributed by atoms with Crippen molar-refractivity contribution in [3.8, 4) is 0 Å². The number of carbonyl (C=O) groups excluding carboxylic acids is 2. The molecule has 1 saturated heterocycles. The minimum atomic E-state index is -1.09. The average Bonchev–Trinajstić information content (AvgIpc) is 3.11. The number of nitrogens with one attached hydrogen (secondary N) is 1. The monoisotopic (exact) mass is 373 g/mol. The Kier molecular flexibility index (Phi) is 3.58. The predicted molar refractivity (Wildman–Crippen MR) is 105 cm³/mol. The Labute approximate surface area is 161 Å². The number of piperazine rings is 1. The number of carbonyl (C=O) groups is 2. The van der Waals surface area contributed by atoms with E-state index < -0.39 is 5.54 Å². The first-order valence-electron chi connectivity index (χ1n) is 9.25. The molecule has 3 aromatic rings. The molecule has 1 fully saturated rings. The van der Waals surface area contributed by atoms with Crippen molar-refractivity contribution in [3.63, 3.8) is 0 Å². The van der Waals surface area contributed by atoms with E-state index in [1.807, 2.05) is 25.1 Å². The smallest absolute Gasteiger partial charge is 0.275 e. The lowest BCUT2D eigenvalue weighted by Crippen LogP contribution is -2.65. The van der Waals surface area contributed by atoms with E-state index in [0.29, 0.717) is 6.54 Å². The molecule has 0 bridgehead atoms. The number of fused-ring (bicyclic) bond motifs is 5. The van der Waals surface area contributed by atoms with Crippen LogP contribution in [0.5, 0.6) is 0 Å². The first-order valence-corrected chi connectivity index (χ1v) is 9.25. The number of hydrogen-bond donors (Lipinski definition) is 1. The quantitative estimate of drug-likeness (QED) is 0.698. The first-order chi connectivity index (χ1) is 13.6. The van der Waals surface area contributed by atoms with Crippen LogP contribution < -0.4 is 0 Å². The molecule has 1 aromatic carbocycles. The Hall–Kier alpha value is -3.48. The van der Waals surface area contributed by atoms with Crippen LogP contribution in [-0.4, -0.2) is 51.0 Å². The van der Waals surface area contributed by atoms with Crippen molar-refractivity contribution in [2.24, 2.45) is 5.10 Å². The van der Waals surface area contributed by atoms with Gasteiger partial charge in [-0.15, -0.1) is 0 Å². The highest BCUT2D eigenvalue weighted by molar-refractivity contribution is 6.01. The number of hydrogen-bond acceptors (Lipinski definition) is 4. The van der Waals surface area contributed by atoms with Crippen molar-refractivity contribution < 1.29 is 9.59 Å². The summed E-state index contributed by atoms with van der Waals surface area (Å²) in [5, 5.41) is 6.70. The Morgan fingerprint density at radius 1 is 1.18 bits per heavy atom. The van der Waals surface area contributed by atoms with Gasteiger partial charge in [-0.3, -0.25) is 14.6 Å². The molecule has 2 aromatic heterocycles. The number of H-pyrrole nitrogens is 1. The van der Waals surface area contributed by atoms with Gasteiger partial charge in [0.05, 0.1) is 11.9 Å². The summed E-state index contributed by atoms with van der Waals surface area (Å²) in [6, 6.07) is 11.6. The van der Waals surface area contributed by atoms with Crippen LogP contribution in [0.4, 0.5) is 0 Å². The topological polar surface area (TPSA) is 81.7 Å². The molecule has 0 aliphatic carbocycles. The van der Waals surface area contributed by atoms with Gasteiger partial charge in [-0.2, -0.15) is 5.10 Å². The van der Waals surface area contributed by atoms with Gasteiger partial charge in [0.1, 0.15) is 6.54 Å². The van der Waals surface area contributed by atoms with Gasteiger partial charge in [0.15, 0.2) is 5.54 Å². The number of hydrazone groups is 1. The number of amides is 2. The standard InChI is InChI=1S/C21H19N5O2/c1-21-19-16(15-4-2-3-5-17(15)24-19)8-11-25(21)18(27)13-26(20(21)28)23-12-14-6-9-22-10-7-14/h2-7,9-10,12,24H,8,11,13H2,1H3/t21-/m1/s1. The Morgan fingerprint density at radius 3 is 2.79 bits per heavy atom. The van der Waals surface area contributed by atoms with Gasteiger partial charge in [-0.1, -0.05) is 18.2 Å². The van der Waals surface area contributed by atoms with Crippen molar-refractivity contribution in [3.05, 3.63) is 65.6 Å². The third kappa shape index (κ3) is 2.29. The van der Waals surface area contributed by atoms with Crippen LogP contribution in [0.1, 0.15) is 23.7 Å². The summed E-state index contributed by atoms with van der Waals surface area (Å²) in [7, 11) is 0. The molecule has 2 amide bonds. The van der Waals surface area contributed by atoms with Crippen molar-refractivity contribution in [1.29, 1.82) is 0 Å². The van der Waals surface area contributed by atoms with Gasteiger partial charge in [0.25, 0.3) is 5.91 Å². The summed E-state index contributed by atoms with van der Waals surface area (Å²) >= 11 is 0. The molecule has 1 N–H and O–H groups in total. The fourth-order valence-electron chi connectivity index (χ4n) is 4.27. The van der Waals surface area contributed by atoms with Crippen molar-refractivity contribution in [2.75, 3.05) is 13.1 Å². The molecule has 7 nitrogen and oxygen atoms in total. The van der Waals surface area contributed by atoms with E-state index in [-0.39, 0.29) is 18.4 Å². The molecule has 28 heavy (non-hydrogen) atoms. The molecule has 0 radical (unpaired) electrons. The minimum absolute atomic E-state index is 0.0500. The number of aromatic nitrogens is 2. The SMILES string of the molecule is C[C@@]12C(=O)N(N=Cc3ccncc3)CC(=O)N1CCc1c2[nH]c2ccccc12. The Bertz CT molecular complexity index is 1120. The van der Waals surface area contributed by atoms with Gasteiger partial charge in [0.2, 0.25) is 5.91 Å². The summed E-state index contributed by atoms with van der Waals surface area (Å²) in [6.45, 7) is 2.29. The van der Waals surface area contributed by atoms with Crippen molar-refractivity contribution in [2.45, 2.75) is 18.9 Å². The fourth-order valence-corrected chi connectivity index (χ4v) is 4.27. The summed E-state index contributed by atoms with van der Waals surface area (Å²) in [5.41, 5.74) is 2.61. The van der Waals surface area contributed by atoms with Gasteiger partial charge in [-0.25, -0.2) is 5.01 Å². The summed E-state index contributed by atoms with van der Waals surface area (Å²) in [4.78, 5) is 35.4. The molecule has 0 spiro atoms. The van der Waals surface area contributed by atoms with E-state index in [9.17, 15) is 9.59 Å². The van der Waals surface area contributed by atoms with E-state index in [2.05, 4.69) is 21.1 Å². The molecular formula is C21H19N5O2. The number of pyridine rings is 1. The maximum Gasteiger partial charge on any atom is 0.275 e. The number of rotatable bonds is 2. The predicted octanol–water partition coefficient (Wildman–Crippen LogP) is 2.04. The minimum Gasteiger partial charge on any atom is -0.356 e. The third-order valence-electron chi connectivity index (χ3n) is 5.71. The highest BCUT2D eigenvalue weighted by atomic mass is 16.2. The zero-order chi connectivity index (χ0) is 19.3. The van der Waals surface area contributed by atoms with Crippen LogP contribution >= 0.6 is 0 Å². The normalized spacial score (nSPS) is 22.0. The molecule has 1 atom stereocenters. The van der Waals surface area contributed by atoms with Crippen LogP contribution in [0.25, 0.3) is 10.9 Å². The van der Waals surface area contributed by atoms with Crippen molar-refractivity contribution in [1.82, 2.24) is 19.9 Å². The molecule has 2 aliphatic heterocycles. The zero-order valence-electron chi connectivity index (χ0n) is 15.4. The van der Waals surface area contributed by atoms with Crippen LogP contribution in [0.3, 0.4) is 0 Å². The number of nitrogens with zero attached hydrogens (tertiary/aromatic N) is 4. The zero-order valence-corrected chi connectivity index (χ0v) is 15.4. The number of aromatic amines is 1. The van der Waals surface area contributed by atoms with E-state index in [1.54, 1.807) is 35.6 Å². The van der Waals surface area contributed by atoms with Crippen LogP contribution in [-0.2, 0) is 21.5 Å². The molecule has 0 unspecified atom stereocenters. The lowest BCUT2D eigenvalue weighted by atomic mass is 9.83. The lowest BCUT2D eigenvalue weighted by Gasteiger charge is -2.48. The van der Waals surface area contributed by atoms with Gasteiger partial charge >= 0.3 is 0 Å². The second-order valence-corrected chi connectivity index (χ2v) is 7.28. The second-order valence-electron chi connectivity index (χ2n) is 7.28. The fraction of sp³-hybridized carbons (Fsp3) is 0.238. The van der Waals surface area contributed by atoms with Gasteiger partial charge < -0.3 is 9.88 Å². The average molecular weight is 373 g/mol. The molecule has 2 aliphatic rings. The van der Waals surface area contributed by atoms with E-state index in [0.717, 1.165) is 34.1 Å². The van der Waals surface area contributed by atoms with Gasteiger partial charge in [-0.05, 0) is 42.7 Å². The number of para-hydroxylation sites is 1. The van der Waals surface area contributed by atoms with Crippen LogP contribution in [0.2, 0.25) is 0 Å². The van der Waals surface area contributed by atoms with Crippen LogP contribution in [0.15, 0.2) is 53.9 Å². The Morgan fingerprint density at radius 2 is 1.96 bits per heavy atom. The maximum absolute atomic E-state index is 13.5. The van der Waals surface area contributed by atoms with E-state index in [1.165, 1.54) is 5.01 Å². The van der Waals surface area contributed by atoms with E-state index >= 15 is 0 Å². The van der Waals surface area contributed by atoms with Crippen molar-refractivity contribution >= 4 is 28.9 Å². The van der Waals surface area contributed by atoms with E-state index in [4.69, 9.17) is 0 Å². The highest BCUT2D eigenvalue weighted by Crippen LogP contribution is 2.41. The molecule has 7 heteroatoms. The summed E-state index contributed by atoms with van der Waals surface area (Å²) in [6.07, 6.45) is 5.63. The second kappa shape index (κ2) is 6.02. The first kappa shape index (κ1) is 16.7. The molecule has 0 saturated carbocycles. The van der Waals surface area contributed by atoms with Gasteiger partial charge in [0, 0.05) is 29.8 Å².